The third kappa shape index (κ3) is 2.69. The van der Waals surface area contributed by atoms with Crippen LogP contribution in [0.25, 0.3) is 0 Å². The molecule has 0 N–H and O–H groups in total. The topological polar surface area (TPSA) is 55.3 Å². The number of rotatable bonds is 3. The van der Waals surface area contributed by atoms with Crippen LogP contribution in [0.3, 0.4) is 0 Å². The second-order valence-electron chi connectivity index (χ2n) is 4.81. The normalized spacial score (nSPS) is 14.0. The lowest BCUT2D eigenvalue weighted by atomic mass is 10.0. The number of carbonyl (C=O) groups excluding carboxylic acids is 1. The van der Waals surface area contributed by atoms with Gasteiger partial charge in [0.05, 0.1) is 12.7 Å². The standard InChI is InChI=1S/C15H14ClN3O2/c1-21-11-4-2-10(3-5-11)8-19-7-6-12(20)13-14(16)17-9-18-15(13)19/h2-5,9H,6-8H2,1H3. The molecule has 0 saturated carbocycles. The molecule has 0 unspecified atom stereocenters. The number of ether oxygens (including phenoxy) is 1. The van der Waals surface area contributed by atoms with Crippen LogP contribution in [-0.2, 0) is 6.54 Å². The first-order valence-electron chi connectivity index (χ1n) is 6.60. The summed E-state index contributed by atoms with van der Waals surface area (Å²) >= 11 is 6.03. The van der Waals surface area contributed by atoms with Crippen LogP contribution in [0, 0.1) is 0 Å². The Kier molecular flexibility index (Phi) is 3.75. The highest BCUT2D eigenvalue weighted by Gasteiger charge is 2.27. The van der Waals surface area contributed by atoms with Crippen molar-refractivity contribution in [2.45, 2.75) is 13.0 Å². The summed E-state index contributed by atoms with van der Waals surface area (Å²) in [6, 6.07) is 7.83. The molecule has 0 saturated heterocycles. The molecule has 6 heteroatoms. The van der Waals surface area contributed by atoms with Gasteiger partial charge in [0.1, 0.15) is 23.0 Å². The van der Waals surface area contributed by atoms with E-state index in [-0.39, 0.29) is 10.9 Å². The van der Waals surface area contributed by atoms with E-state index in [9.17, 15) is 4.79 Å². The van der Waals surface area contributed by atoms with Gasteiger partial charge in [0, 0.05) is 19.5 Å². The maximum Gasteiger partial charge on any atom is 0.171 e. The SMILES string of the molecule is COc1ccc(CN2CCC(=O)c3c(Cl)ncnc32)cc1. The molecule has 0 radical (unpaired) electrons. The monoisotopic (exact) mass is 303 g/mol. The number of methoxy groups -OCH3 is 1. The zero-order chi connectivity index (χ0) is 14.8. The van der Waals surface area contributed by atoms with Crippen LogP contribution in [-0.4, -0.2) is 29.4 Å². The summed E-state index contributed by atoms with van der Waals surface area (Å²) in [4.78, 5) is 22.2. The molecule has 108 valence electrons. The highest BCUT2D eigenvalue weighted by Crippen LogP contribution is 2.30. The maximum atomic E-state index is 12.0. The van der Waals surface area contributed by atoms with Gasteiger partial charge in [-0.15, -0.1) is 0 Å². The Morgan fingerprint density at radius 3 is 2.76 bits per heavy atom. The number of ketones is 1. The molecule has 0 fully saturated rings. The van der Waals surface area contributed by atoms with E-state index in [2.05, 4.69) is 9.97 Å². The van der Waals surface area contributed by atoms with Gasteiger partial charge in [0.2, 0.25) is 0 Å². The molecule has 1 aliphatic heterocycles. The molecule has 0 bridgehead atoms. The van der Waals surface area contributed by atoms with E-state index < -0.39 is 0 Å². The fourth-order valence-electron chi connectivity index (χ4n) is 2.41. The third-order valence-corrected chi connectivity index (χ3v) is 3.79. The van der Waals surface area contributed by atoms with Crippen molar-refractivity contribution in [1.82, 2.24) is 9.97 Å². The highest BCUT2D eigenvalue weighted by atomic mass is 35.5. The fraction of sp³-hybridized carbons (Fsp3) is 0.267. The summed E-state index contributed by atoms with van der Waals surface area (Å²) in [6.07, 6.45) is 1.82. The Balaban J connectivity index is 1.88. The molecule has 0 amide bonds. The van der Waals surface area contributed by atoms with Gasteiger partial charge < -0.3 is 9.64 Å². The molecule has 0 atom stereocenters. The van der Waals surface area contributed by atoms with Gasteiger partial charge in [-0.2, -0.15) is 0 Å². The van der Waals surface area contributed by atoms with E-state index in [0.29, 0.717) is 30.9 Å². The predicted molar refractivity (Wildman–Crippen MR) is 80.0 cm³/mol. The van der Waals surface area contributed by atoms with E-state index in [4.69, 9.17) is 16.3 Å². The molecule has 3 rings (SSSR count). The second kappa shape index (κ2) is 5.69. The van der Waals surface area contributed by atoms with Crippen LogP contribution >= 0.6 is 11.6 Å². The number of fused-ring (bicyclic) bond motifs is 1. The van der Waals surface area contributed by atoms with E-state index in [1.807, 2.05) is 29.2 Å². The van der Waals surface area contributed by atoms with Crippen LogP contribution in [0.15, 0.2) is 30.6 Å². The molecule has 21 heavy (non-hydrogen) atoms. The van der Waals surface area contributed by atoms with Crippen molar-refractivity contribution in [3.8, 4) is 5.75 Å². The van der Waals surface area contributed by atoms with Gasteiger partial charge in [0.25, 0.3) is 0 Å². The summed E-state index contributed by atoms with van der Waals surface area (Å²) in [5, 5.41) is 0.226. The number of nitrogens with zero attached hydrogens (tertiary/aromatic N) is 3. The minimum absolute atomic E-state index is 0.00146. The molecular weight excluding hydrogens is 290 g/mol. The summed E-state index contributed by atoms with van der Waals surface area (Å²) < 4.78 is 5.15. The molecule has 1 aliphatic rings. The first-order chi connectivity index (χ1) is 10.2. The number of halogens is 1. The maximum absolute atomic E-state index is 12.0. The number of aromatic nitrogens is 2. The van der Waals surface area contributed by atoms with E-state index >= 15 is 0 Å². The molecule has 2 aromatic rings. The summed E-state index contributed by atoms with van der Waals surface area (Å²) in [5.41, 5.74) is 1.55. The first kappa shape index (κ1) is 13.8. The van der Waals surface area contributed by atoms with Crippen molar-refractivity contribution in [2.24, 2.45) is 0 Å². The van der Waals surface area contributed by atoms with E-state index in [1.54, 1.807) is 7.11 Å². The van der Waals surface area contributed by atoms with Crippen molar-refractivity contribution in [1.29, 1.82) is 0 Å². The Morgan fingerprint density at radius 1 is 1.29 bits per heavy atom. The largest absolute Gasteiger partial charge is 0.497 e. The summed E-state index contributed by atoms with van der Waals surface area (Å²) in [6.45, 7) is 1.29. The zero-order valence-corrected chi connectivity index (χ0v) is 12.3. The smallest absolute Gasteiger partial charge is 0.171 e. The van der Waals surface area contributed by atoms with Gasteiger partial charge >= 0.3 is 0 Å². The number of benzene rings is 1. The van der Waals surface area contributed by atoms with Crippen molar-refractivity contribution in [3.63, 3.8) is 0 Å². The highest BCUT2D eigenvalue weighted by molar-refractivity contribution is 6.33. The van der Waals surface area contributed by atoms with Gasteiger partial charge in [0.15, 0.2) is 5.78 Å². The van der Waals surface area contributed by atoms with Crippen molar-refractivity contribution < 1.29 is 9.53 Å². The number of Topliss-reactive ketones (excluding diaryl/α,β-unsaturated/α-hetero) is 1. The van der Waals surface area contributed by atoms with Gasteiger partial charge in [-0.3, -0.25) is 4.79 Å². The fourth-order valence-corrected chi connectivity index (χ4v) is 2.64. The molecular formula is C15H14ClN3O2. The van der Waals surface area contributed by atoms with Crippen LogP contribution in [0.5, 0.6) is 5.75 Å². The van der Waals surface area contributed by atoms with Crippen LogP contribution in [0.1, 0.15) is 22.3 Å². The molecule has 2 heterocycles. The third-order valence-electron chi connectivity index (χ3n) is 3.50. The Bertz CT molecular complexity index is 673. The number of carbonyl (C=O) groups is 1. The van der Waals surface area contributed by atoms with Crippen LogP contribution in [0.4, 0.5) is 5.82 Å². The van der Waals surface area contributed by atoms with Crippen LogP contribution in [0.2, 0.25) is 5.15 Å². The van der Waals surface area contributed by atoms with E-state index in [0.717, 1.165) is 11.3 Å². The number of anilines is 1. The van der Waals surface area contributed by atoms with Crippen molar-refractivity contribution >= 4 is 23.2 Å². The Hall–Kier alpha value is -2.14. The van der Waals surface area contributed by atoms with Gasteiger partial charge in [-0.25, -0.2) is 9.97 Å². The second-order valence-corrected chi connectivity index (χ2v) is 5.16. The molecule has 1 aromatic heterocycles. The summed E-state index contributed by atoms with van der Waals surface area (Å²) in [5.74, 6) is 1.43. The van der Waals surface area contributed by atoms with E-state index in [1.165, 1.54) is 6.33 Å². The first-order valence-corrected chi connectivity index (χ1v) is 6.98. The number of hydrogen-bond acceptors (Lipinski definition) is 5. The minimum Gasteiger partial charge on any atom is -0.497 e. The Labute approximate surface area is 127 Å². The van der Waals surface area contributed by atoms with Gasteiger partial charge in [-0.1, -0.05) is 23.7 Å². The quantitative estimate of drug-likeness (QED) is 0.816. The van der Waals surface area contributed by atoms with Crippen molar-refractivity contribution in [2.75, 3.05) is 18.6 Å². The molecule has 1 aromatic carbocycles. The number of hydrogen-bond donors (Lipinski definition) is 0. The predicted octanol–water partition coefficient (Wildman–Crippen LogP) is 2.73. The van der Waals surface area contributed by atoms with Crippen LogP contribution < -0.4 is 9.64 Å². The average Bonchev–Trinajstić information content (AvgIpc) is 2.51. The zero-order valence-electron chi connectivity index (χ0n) is 11.5. The average molecular weight is 304 g/mol. The molecule has 0 aliphatic carbocycles. The minimum atomic E-state index is 0.00146. The molecule has 5 nitrogen and oxygen atoms in total. The lowest BCUT2D eigenvalue weighted by Gasteiger charge is -2.29. The lowest BCUT2D eigenvalue weighted by Crippen LogP contribution is -2.33. The van der Waals surface area contributed by atoms with Gasteiger partial charge in [-0.05, 0) is 17.7 Å². The van der Waals surface area contributed by atoms with Crippen molar-refractivity contribution in [3.05, 3.63) is 46.9 Å². The Morgan fingerprint density at radius 2 is 2.05 bits per heavy atom. The summed E-state index contributed by atoms with van der Waals surface area (Å²) in [7, 11) is 1.64. The lowest BCUT2D eigenvalue weighted by molar-refractivity contribution is 0.0979. The molecule has 0 spiro atoms.